The van der Waals surface area contributed by atoms with Crippen LogP contribution in [0.25, 0.3) is 0 Å². The van der Waals surface area contributed by atoms with Gasteiger partial charge in [0.05, 0.1) is 6.54 Å². The average molecular weight is 419 g/mol. The van der Waals surface area contributed by atoms with Crippen LogP contribution < -0.4 is 10.6 Å². The second-order valence-electron chi connectivity index (χ2n) is 5.20. The number of benzene rings is 1. The van der Waals surface area contributed by atoms with Gasteiger partial charge in [-0.15, -0.1) is 24.0 Å². The maximum atomic E-state index is 4.67. The number of halogens is 1. The molecule has 0 aliphatic carbocycles. The van der Waals surface area contributed by atoms with Crippen LogP contribution in [0.4, 0.5) is 0 Å². The minimum absolute atomic E-state index is 0. The van der Waals surface area contributed by atoms with Gasteiger partial charge < -0.3 is 10.6 Å². The van der Waals surface area contributed by atoms with Gasteiger partial charge in [0.15, 0.2) is 5.96 Å². The molecule has 0 amide bonds. The number of hydrogen-bond acceptors (Lipinski definition) is 2. The Morgan fingerprint density at radius 2 is 2.24 bits per heavy atom. The molecule has 1 aromatic rings. The van der Waals surface area contributed by atoms with Gasteiger partial charge in [-0.1, -0.05) is 29.8 Å². The maximum absolute atomic E-state index is 4.67. The average Bonchev–Trinajstić information content (AvgIpc) is 2.95. The second-order valence-corrected chi connectivity index (χ2v) is 6.61. The zero-order valence-corrected chi connectivity index (χ0v) is 16.0. The van der Waals surface area contributed by atoms with Gasteiger partial charge in [-0.2, -0.15) is 11.8 Å². The molecule has 1 aliphatic rings. The maximum Gasteiger partial charge on any atom is 0.191 e. The summed E-state index contributed by atoms with van der Waals surface area (Å²) >= 11 is 2.07. The first kappa shape index (κ1) is 18.6. The summed E-state index contributed by atoms with van der Waals surface area (Å²) in [7, 11) is 0. The second kappa shape index (κ2) is 10.3. The molecule has 1 unspecified atom stereocenters. The predicted molar refractivity (Wildman–Crippen MR) is 105 cm³/mol. The van der Waals surface area contributed by atoms with Crippen LogP contribution in [0.2, 0.25) is 0 Å². The molecule has 5 heteroatoms. The lowest BCUT2D eigenvalue weighted by molar-refractivity contribution is 0.727. The summed E-state index contributed by atoms with van der Waals surface area (Å²) in [6, 6.07) is 8.54. The molecule has 0 spiro atoms. The Hall–Kier alpha value is -0.430. The van der Waals surface area contributed by atoms with Crippen LogP contribution in [-0.4, -0.2) is 30.1 Å². The van der Waals surface area contributed by atoms with Crippen molar-refractivity contribution in [3.05, 3.63) is 35.4 Å². The lowest BCUT2D eigenvalue weighted by Gasteiger charge is -2.14. The van der Waals surface area contributed by atoms with Crippen molar-refractivity contribution in [3.63, 3.8) is 0 Å². The van der Waals surface area contributed by atoms with Gasteiger partial charge in [0.2, 0.25) is 0 Å². The summed E-state index contributed by atoms with van der Waals surface area (Å²) in [6.45, 7) is 6.87. The molecule has 1 aliphatic heterocycles. The topological polar surface area (TPSA) is 36.4 Å². The molecule has 118 valence electrons. The van der Waals surface area contributed by atoms with E-state index in [0.29, 0.717) is 0 Å². The highest BCUT2D eigenvalue weighted by molar-refractivity contribution is 14.0. The fourth-order valence-electron chi connectivity index (χ4n) is 2.34. The number of nitrogens with one attached hydrogen (secondary N) is 2. The Bertz CT molecular complexity index is 445. The minimum atomic E-state index is 0. The van der Waals surface area contributed by atoms with E-state index in [-0.39, 0.29) is 24.0 Å². The van der Waals surface area contributed by atoms with Crippen molar-refractivity contribution >= 4 is 41.7 Å². The van der Waals surface area contributed by atoms with E-state index in [0.717, 1.165) is 30.8 Å². The first-order chi connectivity index (χ1) is 9.78. The number of guanidine groups is 1. The lowest BCUT2D eigenvalue weighted by Crippen LogP contribution is -2.40. The summed E-state index contributed by atoms with van der Waals surface area (Å²) in [5, 5.41) is 7.53. The van der Waals surface area contributed by atoms with Crippen LogP contribution in [0.1, 0.15) is 30.9 Å². The third-order valence-electron chi connectivity index (χ3n) is 3.37. The molecule has 1 aromatic carbocycles. The first-order valence-electron chi connectivity index (χ1n) is 7.47. The van der Waals surface area contributed by atoms with E-state index in [1.807, 2.05) is 0 Å². The number of rotatable bonds is 5. The van der Waals surface area contributed by atoms with Gasteiger partial charge in [0.1, 0.15) is 0 Å². The van der Waals surface area contributed by atoms with Crippen LogP contribution in [-0.2, 0) is 6.54 Å². The van der Waals surface area contributed by atoms with Crippen molar-refractivity contribution in [3.8, 4) is 0 Å². The normalized spacial score (nSPS) is 18.2. The van der Waals surface area contributed by atoms with Crippen molar-refractivity contribution < 1.29 is 0 Å². The molecule has 0 aromatic heterocycles. The molecule has 1 heterocycles. The first-order valence-corrected chi connectivity index (χ1v) is 8.52. The lowest BCUT2D eigenvalue weighted by atomic mass is 10.1. The molecule has 2 rings (SSSR count). The van der Waals surface area contributed by atoms with E-state index in [4.69, 9.17) is 0 Å². The molecule has 2 N–H and O–H groups in total. The number of nitrogens with zero attached hydrogens (tertiary/aromatic N) is 1. The van der Waals surface area contributed by atoms with Gasteiger partial charge in [-0.05, 0) is 38.0 Å². The van der Waals surface area contributed by atoms with Crippen LogP contribution in [0.15, 0.2) is 29.3 Å². The number of hydrogen-bond donors (Lipinski definition) is 2. The molecule has 21 heavy (non-hydrogen) atoms. The summed E-state index contributed by atoms with van der Waals surface area (Å²) in [5.41, 5.74) is 2.55. The van der Waals surface area contributed by atoms with E-state index >= 15 is 0 Å². The highest BCUT2D eigenvalue weighted by Crippen LogP contribution is 2.25. The van der Waals surface area contributed by atoms with Gasteiger partial charge in [-0.3, -0.25) is 0 Å². The standard InChI is InChI=1S/C16H25N3S.HI/c1-3-17-16(19-12-15-8-5-9-20-15)18-11-14-7-4-6-13(2)10-14;/h4,6-7,10,15H,3,5,8-9,11-12H2,1-2H3,(H2,17,18,19);1H. The van der Waals surface area contributed by atoms with Gasteiger partial charge in [-0.25, -0.2) is 4.99 Å². The van der Waals surface area contributed by atoms with Crippen molar-refractivity contribution in [2.24, 2.45) is 4.99 Å². The van der Waals surface area contributed by atoms with Crippen LogP contribution in [0, 0.1) is 6.92 Å². The molecule has 3 nitrogen and oxygen atoms in total. The zero-order valence-electron chi connectivity index (χ0n) is 12.9. The Balaban J connectivity index is 0.00000220. The fourth-order valence-corrected chi connectivity index (χ4v) is 3.54. The third-order valence-corrected chi connectivity index (χ3v) is 4.77. The van der Waals surface area contributed by atoms with Gasteiger partial charge in [0, 0.05) is 18.3 Å². The monoisotopic (exact) mass is 419 g/mol. The number of thioether (sulfide) groups is 1. The molecule has 1 atom stereocenters. The Kier molecular flexibility index (Phi) is 9.15. The van der Waals surface area contributed by atoms with Crippen molar-refractivity contribution in [1.29, 1.82) is 0 Å². The summed E-state index contributed by atoms with van der Waals surface area (Å²) in [4.78, 5) is 4.67. The fraction of sp³-hybridized carbons (Fsp3) is 0.562. The van der Waals surface area contributed by atoms with Gasteiger partial charge in [0.25, 0.3) is 0 Å². The summed E-state index contributed by atoms with van der Waals surface area (Å²) < 4.78 is 0. The molecular formula is C16H26IN3S. The largest absolute Gasteiger partial charge is 0.357 e. The Morgan fingerprint density at radius 3 is 2.90 bits per heavy atom. The highest BCUT2D eigenvalue weighted by Gasteiger charge is 2.15. The molecule has 1 fully saturated rings. The molecule has 0 bridgehead atoms. The quantitative estimate of drug-likeness (QED) is 0.435. The molecular weight excluding hydrogens is 393 g/mol. The van der Waals surface area contributed by atoms with E-state index in [1.54, 1.807) is 0 Å². The Labute approximate surface area is 149 Å². The van der Waals surface area contributed by atoms with E-state index < -0.39 is 0 Å². The van der Waals surface area contributed by atoms with Crippen molar-refractivity contribution in [1.82, 2.24) is 10.6 Å². The van der Waals surface area contributed by atoms with E-state index in [2.05, 4.69) is 65.5 Å². The Morgan fingerprint density at radius 1 is 1.38 bits per heavy atom. The van der Waals surface area contributed by atoms with Gasteiger partial charge >= 0.3 is 0 Å². The zero-order chi connectivity index (χ0) is 14.2. The van der Waals surface area contributed by atoms with E-state index in [9.17, 15) is 0 Å². The van der Waals surface area contributed by atoms with Crippen LogP contribution in [0.3, 0.4) is 0 Å². The molecule has 0 radical (unpaired) electrons. The smallest absolute Gasteiger partial charge is 0.191 e. The number of aliphatic imine (C=N–C) groups is 1. The number of aryl methyl sites for hydroxylation is 1. The van der Waals surface area contributed by atoms with Crippen molar-refractivity contribution in [2.45, 2.75) is 38.5 Å². The third kappa shape index (κ3) is 6.91. The minimum Gasteiger partial charge on any atom is -0.357 e. The SMILES string of the molecule is CCNC(=NCc1cccc(C)c1)NCC1CCCS1.I. The van der Waals surface area contributed by atoms with E-state index in [1.165, 1.54) is 29.7 Å². The van der Waals surface area contributed by atoms with Crippen LogP contribution >= 0.6 is 35.7 Å². The molecule has 1 saturated heterocycles. The molecule has 0 saturated carbocycles. The van der Waals surface area contributed by atoms with Crippen LogP contribution in [0.5, 0.6) is 0 Å². The summed E-state index contributed by atoms with van der Waals surface area (Å²) in [5.74, 6) is 2.24. The predicted octanol–water partition coefficient (Wildman–Crippen LogP) is 3.56. The summed E-state index contributed by atoms with van der Waals surface area (Å²) in [6.07, 6.45) is 2.68. The van der Waals surface area contributed by atoms with Crippen molar-refractivity contribution in [2.75, 3.05) is 18.8 Å². The highest BCUT2D eigenvalue weighted by atomic mass is 127.